The lowest BCUT2D eigenvalue weighted by Crippen LogP contribution is -2.54. The van der Waals surface area contributed by atoms with Gasteiger partial charge in [-0.15, -0.1) is 0 Å². The van der Waals surface area contributed by atoms with Gasteiger partial charge >= 0.3 is 0 Å². The monoisotopic (exact) mass is 267 g/mol. The molecule has 1 atom stereocenters. The van der Waals surface area contributed by atoms with Gasteiger partial charge in [-0.2, -0.15) is 5.10 Å². The maximum atomic E-state index is 5.94. The Morgan fingerprint density at radius 1 is 1.53 bits per heavy atom. The predicted molar refractivity (Wildman–Crippen MR) is 73.7 cm³/mol. The smallest absolute Gasteiger partial charge is 0.141 e. The molecule has 1 aromatic rings. The molecule has 1 unspecified atom stereocenters. The molecule has 6 heteroatoms. The maximum Gasteiger partial charge on any atom is 0.141 e. The van der Waals surface area contributed by atoms with E-state index in [0.29, 0.717) is 12.6 Å². The summed E-state index contributed by atoms with van der Waals surface area (Å²) in [6.07, 6.45) is 1.72. The largest absolute Gasteiger partial charge is 0.368 e. The van der Waals surface area contributed by atoms with Crippen molar-refractivity contribution in [1.29, 1.82) is 0 Å². The van der Waals surface area contributed by atoms with Crippen molar-refractivity contribution in [2.24, 2.45) is 5.73 Å². The van der Waals surface area contributed by atoms with Crippen molar-refractivity contribution in [2.45, 2.75) is 52.0 Å². The molecule has 0 amide bonds. The highest BCUT2D eigenvalue weighted by atomic mass is 16.5. The van der Waals surface area contributed by atoms with Crippen molar-refractivity contribution in [3.05, 3.63) is 12.2 Å². The van der Waals surface area contributed by atoms with Crippen LogP contribution >= 0.6 is 0 Å². The van der Waals surface area contributed by atoms with Crippen LogP contribution in [0.5, 0.6) is 0 Å². The molecule has 1 aromatic heterocycles. The van der Waals surface area contributed by atoms with Crippen LogP contribution in [-0.4, -0.2) is 51.0 Å². The fourth-order valence-electron chi connectivity index (χ4n) is 2.68. The predicted octanol–water partition coefficient (Wildman–Crippen LogP) is 0.797. The third-order valence-corrected chi connectivity index (χ3v) is 3.32. The van der Waals surface area contributed by atoms with E-state index in [0.717, 1.165) is 25.5 Å². The molecular weight excluding hydrogens is 242 g/mol. The van der Waals surface area contributed by atoms with Crippen molar-refractivity contribution in [2.75, 3.05) is 19.6 Å². The molecule has 1 aliphatic heterocycles. The second-order valence-corrected chi connectivity index (χ2v) is 6.12. The minimum Gasteiger partial charge on any atom is -0.368 e. The summed E-state index contributed by atoms with van der Waals surface area (Å²) in [5.41, 5.74) is 5.59. The van der Waals surface area contributed by atoms with Gasteiger partial charge in [0.2, 0.25) is 0 Å². The first-order chi connectivity index (χ1) is 8.91. The highest BCUT2D eigenvalue weighted by molar-refractivity contribution is 4.91. The third-order valence-electron chi connectivity index (χ3n) is 3.32. The number of ether oxygens (including phenoxy) is 1. The molecule has 1 fully saturated rings. The highest BCUT2D eigenvalue weighted by Crippen LogP contribution is 2.22. The van der Waals surface area contributed by atoms with Crippen LogP contribution in [0.25, 0.3) is 0 Å². The molecule has 0 spiro atoms. The fraction of sp³-hybridized carbons (Fsp3) is 0.846. The molecule has 1 saturated heterocycles. The quantitative estimate of drug-likeness (QED) is 0.873. The van der Waals surface area contributed by atoms with E-state index in [1.165, 1.54) is 0 Å². The number of hydrogen-bond donors (Lipinski definition) is 1. The number of morpholine rings is 1. The molecule has 6 nitrogen and oxygen atoms in total. The molecule has 0 aromatic carbocycles. The van der Waals surface area contributed by atoms with E-state index < -0.39 is 0 Å². The average Bonchev–Trinajstić information content (AvgIpc) is 2.75. The Morgan fingerprint density at radius 2 is 2.26 bits per heavy atom. The maximum absolute atomic E-state index is 5.94. The SMILES string of the molecule is CC(C)n1ncnc1CN1CC(CN)OC(C)(C)C1. The zero-order valence-corrected chi connectivity index (χ0v) is 12.3. The van der Waals surface area contributed by atoms with Gasteiger partial charge in [0, 0.05) is 25.7 Å². The first-order valence-corrected chi connectivity index (χ1v) is 6.90. The number of hydrogen-bond acceptors (Lipinski definition) is 5. The van der Waals surface area contributed by atoms with Crippen LogP contribution in [0.1, 0.15) is 39.6 Å². The molecular formula is C13H25N5O. The summed E-state index contributed by atoms with van der Waals surface area (Å²) >= 11 is 0. The molecule has 0 aliphatic carbocycles. The topological polar surface area (TPSA) is 69.2 Å². The zero-order chi connectivity index (χ0) is 14.0. The van der Waals surface area contributed by atoms with Gasteiger partial charge in [0.05, 0.1) is 18.2 Å². The number of nitrogens with two attached hydrogens (primary N) is 1. The highest BCUT2D eigenvalue weighted by Gasteiger charge is 2.33. The van der Waals surface area contributed by atoms with Crippen molar-refractivity contribution in [1.82, 2.24) is 19.7 Å². The Hall–Kier alpha value is -0.980. The minimum absolute atomic E-state index is 0.0965. The lowest BCUT2D eigenvalue weighted by molar-refractivity contribution is -0.134. The summed E-state index contributed by atoms with van der Waals surface area (Å²) in [5.74, 6) is 1.00. The number of nitrogens with zero attached hydrogens (tertiary/aromatic N) is 4. The summed E-state index contributed by atoms with van der Waals surface area (Å²) in [4.78, 5) is 6.72. The summed E-state index contributed by atoms with van der Waals surface area (Å²) in [5, 5.41) is 4.28. The van der Waals surface area contributed by atoms with Crippen LogP contribution in [0.15, 0.2) is 6.33 Å². The van der Waals surface area contributed by atoms with Gasteiger partial charge < -0.3 is 10.5 Å². The van der Waals surface area contributed by atoms with Crippen molar-refractivity contribution >= 4 is 0 Å². The zero-order valence-electron chi connectivity index (χ0n) is 12.3. The molecule has 108 valence electrons. The van der Waals surface area contributed by atoms with Gasteiger partial charge in [0.25, 0.3) is 0 Å². The van der Waals surface area contributed by atoms with E-state index >= 15 is 0 Å². The standard InChI is InChI=1S/C13H25N5O/c1-10(2)18-12(15-9-16-18)7-17-6-11(5-14)19-13(3,4)8-17/h9-11H,5-8,14H2,1-4H3. The lowest BCUT2D eigenvalue weighted by Gasteiger charge is -2.42. The van der Waals surface area contributed by atoms with E-state index in [-0.39, 0.29) is 11.7 Å². The van der Waals surface area contributed by atoms with Crippen LogP contribution < -0.4 is 5.73 Å². The Bertz CT molecular complexity index is 415. The van der Waals surface area contributed by atoms with Crippen molar-refractivity contribution in [3.8, 4) is 0 Å². The van der Waals surface area contributed by atoms with Crippen molar-refractivity contribution < 1.29 is 4.74 Å². The molecule has 0 radical (unpaired) electrons. The van der Waals surface area contributed by atoms with E-state index in [1.54, 1.807) is 6.33 Å². The minimum atomic E-state index is -0.162. The first kappa shape index (κ1) is 14.4. The van der Waals surface area contributed by atoms with Crippen LogP contribution in [0, 0.1) is 0 Å². The molecule has 2 rings (SSSR count). The normalized spacial score (nSPS) is 24.0. The summed E-state index contributed by atoms with van der Waals surface area (Å²) in [6.45, 7) is 11.5. The summed E-state index contributed by atoms with van der Waals surface area (Å²) < 4.78 is 7.91. The fourth-order valence-corrected chi connectivity index (χ4v) is 2.68. The Labute approximate surface area is 114 Å². The van der Waals surface area contributed by atoms with E-state index in [9.17, 15) is 0 Å². The Balaban J connectivity index is 2.07. The number of aromatic nitrogens is 3. The van der Waals surface area contributed by atoms with E-state index in [4.69, 9.17) is 10.5 Å². The van der Waals surface area contributed by atoms with E-state index in [2.05, 4.69) is 42.7 Å². The van der Waals surface area contributed by atoms with Crippen LogP contribution in [0.2, 0.25) is 0 Å². The van der Waals surface area contributed by atoms with Gasteiger partial charge in [-0.1, -0.05) is 0 Å². The first-order valence-electron chi connectivity index (χ1n) is 6.90. The summed E-state index contributed by atoms with van der Waals surface area (Å²) in [7, 11) is 0. The van der Waals surface area contributed by atoms with Gasteiger partial charge in [-0.25, -0.2) is 9.67 Å². The number of rotatable bonds is 4. The van der Waals surface area contributed by atoms with Gasteiger partial charge in [0.15, 0.2) is 0 Å². The van der Waals surface area contributed by atoms with Crippen LogP contribution in [0.3, 0.4) is 0 Å². The average molecular weight is 267 g/mol. The second-order valence-electron chi connectivity index (χ2n) is 6.12. The summed E-state index contributed by atoms with van der Waals surface area (Å²) in [6, 6.07) is 0.330. The molecule has 2 N–H and O–H groups in total. The van der Waals surface area contributed by atoms with Gasteiger partial charge in [0.1, 0.15) is 12.2 Å². The third kappa shape index (κ3) is 3.52. The molecule has 19 heavy (non-hydrogen) atoms. The van der Waals surface area contributed by atoms with E-state index in [1.807, 2.05) is 4.68 Å². The Kier molecular flexibility index (Phi) is 4.23. The van der Waals surface area contributed by atoms with Gasteiger partial charge in [-0.05, 0) is 27.7 Å². The Morgan fingerprint density at radius 3 is 2.89 bits per heavy atom. The molecule has 0 saturated carbocycles. The molecule has 0 bridgehead atoms. The van der Waals surface area contributed by atoms with Crippen LogP contribution in [-0.2, 0) is 11.3 Å². The van der Waals surface area contributed by atoms with Gasteiger partial charge in [-0.3, -0.25) is 4.90 Å². The lowest BCUT2D eigenvalue weighted by atomic mass is 10.1. The van der Waals surface area contributed by atoms with Crippen LogP contribution in [0.4, 0.5) is 0 Å². The second kappa shape index (κ2) is 5.56. The van der Waals surface area contributed by atoms with Crippen molar-refractivity contribution in [3.63, 3.8) is 0 Å². The molecule has 2 heterocycles. The molecule has 1 aliphatic rings.